The van der Waals surface area contributed by atoms with Crippen LogP contribution in [0, 0.1) is 0 Å². The summed E-state index contributed by atoms with van der Waals surface area (Å²) < 4.78 is 24.0. The van der Waals surface area contributed by atoms with Crippen LogP contribution in [-0.4, -0.2) is 50.3 Å². The normalized spacial score (nSPS) is 14.3. The zero-order valence-corrected chi connectivity index (χ0v) is 24.2. The molecule has 5 rings (SSSR count). The zero-order chi connectivity index (χ0) is 28.8. The number of amides is 2. The summed E-state index contributed by atoms with van der Waals surface area (Å²) in [6, 6.07) is 21.0. The van der Waals surface area contributed by atoms with Gasteiger partial charge in [0.2, 0.25) is 0 Å². The number of urea groups is 1. The van der Waals surface area contributed by atoms with Crippen molar-refractivity contribution in [3.63, 3.8) is 0 Å². The zero-order valence-electron chi connectivity index (χ0n) is 24.2. The van der Waals surface area contributed by atoms with Crippen LogP contribution in [0.4, 0.5) is 10.5 Å². The van der Waals surface area contributed by atoms with Gasteiger partial charge in [-0.25, -0.2) is 4.79 Å². The summed E-state index contributed by atoms with van der Waals surface area (Å²) in [6.07, 6.45) is 4.10. The van der Waals surface area contributed by atoms with E-state index in [2.05, 4.69) is 42.5 Å². The number of hydrogen-bond acceptors (Lipinski definition) is 6. The molecule has 8 heteroatoms. The van der Waals surface area contributed by atoms with E-state index >= 15 is 0 Å². The molecular weight excluding hydrogens is 518 g/mol. The van der Waals surface area contributed by atoms with Crippen molar-refractivity contribution < 1.29 is 23.4 Å². The topological polar surface area (TPSA) is 85.2 Å². The number of furan rings is 1. The molecule has 1 saturated heterocycles. The van der Waals surface area contributed by atoms with Gasteiger partial charge in [-0.15, -0.1) is 0 Å². The third kappa shape index (κ3) is 7.13. The van der Waals surface area contributed by atoms with E-state index < -0.39 is 0 Å². The number of rotatable bonds is 10. The van der Waals surface area contributed by atoms with Crippen LogP contribution in [0.5, 0.6) is 23.0 Å². The number of fused-ring (bicyclic) bond motifs is 1. The average molecular weight is 558 g/mol. The first kappa shape index (κ1) is 28.4. The fourth-order valence-corrected chi connectivity index (χ4v) is 5.02. The first-order valence-corrected chi connectivity index (χ1v) is 14.4. The summed E-state index contributed by atoms with van der Waals surface area (Å²) in [4.78, 5) is 14.7. The van der Waals surface area contributed by atoms with Gasteiger partial charge in [0, 0.05) is 41.8 Å². The van der Waals surface area contributed by atoms with Crippen molar-refractivity contribution in [2.75, 3.05) is 32.6 Å². The first-order valence-electron chi connectivity index (χ1n) is 14.4. The lowest BCUT2D eigenvalue weighted by Crippen LogP contribution is -2.37. The summed E-state index contributed by atoms with van der Waals surface area (Å²) in [5.41, 5.74) is 2.39. The Morgan fingerprint density at radius 3 is 2.39 bits per heavy atom. The lowest BCUT2D eigenvalue weighted by atomic mass is 10.1. The monoisotopic (exact) mass is 557 g/mol. The molecule has 3 aromatic carbocycles. The summed E-state index contributed by atoms with van der Waals surface area (Å²) in [7, 11) is 3.73. The van der Waals surface area contributed by atoms with E-state index in [4.69, 9.17) is 18.6 Å². The van der Waals surface area contributed by atoms with Crippen molar-refractivity contribution in [2.24, 2.45) is 0 Å². The number of likely N-dealkylation sites (tertiary alicyclic amines) is 1. The van der Waals surface area contributed by atoms with Crippen LogP contribution < -0.4 is 24.8 Å². The van der Waals surface area contributed by atoms with Gasteiger partial charge in [0.05, 0.1) is 7.11 Å². The third-order valence-electron chi connectivity index (χ3n) is 7.57. The lowest BCUT2D eigenvalue weighted by Gasteiger charge is -2.29. The van der Waals surface area contributed by atoms with Crippen molar-refractivity contribution in [2.45, 2.75) is 51.7 Å². The molecular formula is C33H39N3O5. The maximum absolute atomic E-state index is 12.3. The van der Waals surface area contributed by atoms with Crippen LogP contribution >= 0.6 is 0 Å². The van der Waals surface area contributed by atoms with Gasteiger partial charge in [0.1, 0.15) is 28.9 Å². The van der Waals surface area contributed by atoms with Crippen molar-refractivity contribution in [3.8, 4) is 34.3 Å². The molecule has 2 heterocycles. The van der Waals surface area contributed by atoms with Crippen LogP contribution in [0.2, 0.25) is 0 Å². The largest absolute Gasteiger partial charge is 0.493 e. The highest BCUT2D eigenvalue weighted by Crippen LogP contribution is 2.36. The van der Waals surface area contributed by atoms with Gasteiger partial charge in [-0.3, -0.25) is 0 Å². The van der Waals surface area contributed by atoms with Gasteiger partial charge in [-0.1, -0.05) is 13.8 Å². The van der Waals surface area contributed by atoms with E-state index in [-0.39, 0.29) is 18.2 Å². The Labute approximate surface area is 241 Å². The van der Waals surface area contributed by atoms with Gasteiger partial charge in [0.15, 0.2) is 11.5 Å². The van der Waals surface area contributed by atoms with Crippen LogP contribution in [0.15, 0.2) is 71.1 Å². The molecule has 2 amide bonds. The van der Waals surface area contributed by atoms with E-state index in [1.807, 2.05) is 42.5 Å². The van der Waals surface area contributed by atoms with Gasteiger partial charge in [-0.2, -0.15) is 0 Å². The van der Waals surface area contributed by atoms with Crippen LogP contribution in [0.1, 0.15) is 39.5 Å². The number of carbonyl (C=O) groups excluding carboxylic acids is 1. The molecule has 1 fully saturated rings. The first-order chi connectivity index (χ1) is 19.9. The van der Waals surface area contributed by atoms with Gasteiger partial charge < -0.3 is 34.2 Å². The molecule has 0 unspecified atom stereocenters. The van der Waals surface area contributed by atoms with E-state index in [1.54, 1.807) is 25.3 Å². The third-order valence-corrected chi connectivity index (χ3v) is 7.57. The Balaban J connectivity index is 1.23. The number of carbonyl (C=O) groups is 1. The number of hydrogen-bond donors (Lipinski definition) is 2. The van der Waals surface area contributed by atoms with Gasteiger partial charge in [0.25, 0.3) is 0 Å². The molecule has 0 radical (unpaired) electrons. The van der Waals surface area contributed by atoms with Crippen molar-refractivity contribution in [3.05, 3.63) is 66.7 Å². The Kier molecular flexibility index (Phi) is 8.99. The predicted octanol–water partition coefficient (Wildman–Crippen LogP) is 7.68. The number of nitrogens with zero attached hydrogens (tertiary/aromatic N) is 1. The summed E-state index contributed by atoms with van der Waals surface area (Å²) >= 11 is 0. The smallest absolute Gasteiger partial charge is 0.319 e. The van der Waals surface area contributed by atoms with Crippen molar-refractivity contribution in [1.82, 2.24) is 10.2 Å². The molecule has 0 bridgehead atoms. The number of nitrogens with one attached hydrogen (secondary N) is 2. The predicted molar refractivity (Wildman–Crippen MR) is 162 cm³/mol. The minimum absolute atomic E-state index is 0.141. The average Bonchev–Trinajstić information content (AvgIpc) is 3.42. The molecule has 4 aromatic rings. The molecule has 8 nitrogen and oxygen atoms in total. The molecule has 1 aliphatic heterocycles. The van der Waals surface area contributed by atoms with E-state index in [9.17, 15) is 4.79 Å². The molecule has 1 aliphatic rings. The molecule has 0 spiro atoms. The minimum atomic E-state index is -0.239. The van der Waals surface area contributed by atoms with E-state index in [1.165, 1.54) is 0 Å². The van der Waals surface area contributed by atoms with Gasteiger partial charge >= 0.3 is 6.03 Å². The molecule has 41 heavy (non-hydrogen) atoms. The lowest BCUT2D eigenvalue weighted by molar-refractivity contribution is 0.114. The van der Waals surface area contributed by atoms with E-state index in [0.29, 0.717) is 22.9 Å². The molecule has 2 N–H and O–H groups in total. The minimum Gasteiger partial charge on any atom is -0.493 e. The molecule has 0 atom stereocenters. The Morgan fingerprint density at radius 2 is 1.68 bits per heavy atom. The quantitative estimate of drug-likeness (QED) is 0.208. The number of ether oxygens (including phenoxy) is 3. The Morgan fingerprint density at radius 1 is 0.951 bits per heavy atom. The Bertz CT molecular complexity index is 1450. The second-order valence-electron chi connectivity index (χ2n) is 10.5. The highest BCUT2D eigenvalue weighted by molar-refractivity contribution is 5.90. The maximum Gasteiger partial charge on any atom is 0.319 e. The van der Waals surface area contributed by atoms with Crippen LogP contribution in [0.25, 0.3) is 22.3 Å². The summed E-state index contributed by atoms with van der Waals surface area (Å²) in [6.45, 7) is 6.23. The maximum atomic E-state index is 12.3. The molecule has 0 saturated carbocycles. The summed E-state index contributed by atoms with van der Waals surface area (Å²) in [5.74, 6) is 3.38. The molecule has 216 valence electrons. The van der Waals surface area contributed by atoms with Crippen molar-refractivity contribution >= 4 is 22.7 Å². The SMILES string of the molecule is CCC(CC)NC(=O)Nc1ccc(Oc2ccc(-c3cc4cc(OC5CCN(C)CC5)ccc4o3)cc2)c(OC)c1. The summed E-state index contributed by atoms with van der Waals surface area (Å²) in [5, 5.41) is 6.84. The highest BCUT2D eigenvalue weighted by Gasteiger charge is 2.18. The number of benzene rings is 3. The highest BCUT2D eigenvalue weighted by atomic mass is 16.5. The van der Waals surface area contributed by atoms with Crippen molar-refractivity contribution in [1.29, 1.82) is 0 Å². The fourth-order valence-electron chi connectivity index (χ4n) is 5.02. The second kappa shape index (κ2) is 13.0. The van der Waals surface area contributed by atoms with Crippen LogP contribution in [0.3, 0.4) is 0 Å². The standard InChI is InChI=1S/C33H39N3O5/c1-5-24(6-2)34-33(37)35-25-9-13-30(32(21-25)38-4)40-26-10-7-22(8-11-26)31-20-23-19-28(12-14-29(23)41-31)39-27-15-17-36(3)18-16-27/h7-14,19-21,24,27H,5-6,15-18H2,1-4H3,(H2,34,35,37). The Hall–Kier alpha value is -4.17. The second-order valence-corrected chi connectivity index (χ2v) is 10.5. The van der Waals surface area contributed by atoms with E-state index in [0.717, 1.165) is 66.8 Å². The van der Waals surface area contributed by atoms with Crippen LogP contribution in [-0.2, 0) is 0 Å². The molecule has 1 aromatic heterocycles. The fraction of sp³-hybridized carbons (Fsp3) is 0.364. The number of piperidine rings is 1. The number of methoxy groups -OCH3 is 1. The number of anilines is 1. The van der Waals surface area contributed by atoms with Gasteiger partial charge in [-0.05, 0) is 93.4 Å². The molecule has 0 aliphatic carbocycles.